The van der Waals surface area contributed by atoms with Crippen LogP contribution in [0.1, 0.15) is 38.2 Å². The maximum Gasteiger partial charge on any atom is 0.189 e. The lowest BCUT2D eigenvalue weighted by molar-refractivity contribution is 0.447. The molecule has 4 rings (SSSR count). The van der Waals surface area contributed by atoms with Crippen LogP contribution in [0.3, 0.4) is 0 Å². The molecule has 0 aliphatic carbocycles. The number of aromatic nitrogens is 3. The van der Waals surface area contributed by atoms with Crippen molar-refractivity contribution < 1.29 is 0 Å². The number of para-hydroxylation sites is 1. The van der Waals surface area contributed by atoms with E-state index in [1.54, 1.807) is 17.7 Å². The maximum atomic E-state index is 6.45. The second-order valence-corrected chi connectivity index (χ2v) is 7.81. The molecular weight excluding hydrogens is 344 g/mol. The Hall–Kier alpha value is -2.41. The summed E-state index contributed by atoms with van der Waals surface area (Å²) in [6.07, 6.45) is 6.34. The molecule has 0 amide bonds. The lowest BCUT2D eigenvalue weighted by atomic mass is 10.00. The van der Waals surface area contributed by atoms with E-state index in [4.69, 9.17) is 10.7 Å². The highest BCUT2D eigenvalue weighted by atomic mass is 32.1. The molecule has 1 atom stereocenters. The van der Waals surface area contributed by atoms with Gasteiger partial charge in [-0.15, -0.1) is 0 Å². The molecule has 1 aliphatic rings. The molecule has 1 unspecified atom stereocenters. The molecule has 6 nitrogen and oxygen atoms in total. The third-order valence-corrected chi connectivity index (χ3v) is 6.02. The van der Waals surface area contributed by atoms with E-state index in [9.17, 15) is 0 Å². The van der Waals surface area contributed by atoms with E-state index >= 15 is 0 Å². The predicted molar refractivity (Wildman–Crippen MR) is 109 cm³/mol. The predicted octanol–water partition coefficient (Wildman–Crippen LogP) is 4.49. The molecule has 1 aromatic carbocycles. The van der Waals surface area contributed by atoms with Crippen LogP contribution in [0.25, 0.3) is 10.2 Å². The molecule has 0 radical (unpaired) electrons. The number of rotatable bonds is 4. The number of nitrogens with two attached hydrogens (primary N) is 1. The van der Waals surface area contributed by atoms with Crippen LogP contribution in [0.5, 0.6) is 0 Å². The minimum absolute atomic E-state index is 0.499. The lowest BCUT2D eigenvalue weighted by Gasteiger charge is -2.36. The standard InChI is InChI=1S/C19H24N6S/c1-3-13-8-4-5-10-25(13)18-15(20)17(21-11-22-18)24-19-23-16-12(2)7-6-9-14(16)26-19/h6-7,9,11,13H,3-5,8,10,20H2,1-2H3,(H,21,22,23,24). The Kier molecular flexibility index (Phi) is 4.63. The van der Waals surface area contributed by atoms with Gasteiger partial charge in [0.05, 0.1) is 10.2 Å². The van der Waals surface area contributed by atoms with Gasteiger partial charge in [-0.2, -0.15) is 0 Å². The second kappa shape index (κ2) is 7.07. The number of anilines is 4. The molecule has 7 heteroatoms. The molecule has 26 heavy (non-hydrogen) atoms. The summed E-state index contributed by atoms with van der Waals surface area (Å²) in [5, 5.41) is 4.11. The molecule has 2 aromatic heterocycles. The summed E-state index contributed by atoms with van der Waals surface area (Å²) >= 11 is 1.61. The Morgan fingerprint density at radius 1 is 1.31 bits per heavy atom. The van der Waals surface area contributed by atoms with E-state index in [0.29, 0.717) is 17.5 Å². The molecule has 0 saturated carbocycles. The molecule has 0 spiro atoms. The fourth-order valence-electron chi connectivity index (χ4n) is 3.66. The van der Waals surface area contributed by atoms with Crippen molar-refractivity contribution in [1.82, 2.24) is 15.0 Å². The zero-order valence-electron chi connectivity index (χ0n) is 15.2. The van der Waals surface area contributed by atoms with Crippen molar-refractivity contribution in [3.63, 3.8) is 0 Å². The molecule has 136 valence electrons. The van der Waals surface area contributed by atoms with Crippen molar-refractivity contribution in [2.75, 3.05) is 22.5 Å². The highest BCUT2D eigenvalue weighted by molar-refractivity contribution is 7.22. The first-order valence-electron chi connectivity index (χ1n) is 9.17. The van der Waals surface area contributed by atoms with Gasteiger partial charge in [0.2, 0.25) is 0 Å². The third-order valence-electron chi connectivity index (χ3n) is 5.08. The number of nitrogens with one attached hydrogen (secondary N) is 1. The SMILES string of the molecule is CCC1CCCCN1c1ncnc(Nc2nc3c(C)cccc3s2)c1N. The first-order chi connectivity index (χ1) is 12.7. The largest absolute Gasteiger partial charge is 0.393 e. The van der Waals surface area contributed by atoms with E-state index in [1.807, 2.05) is 0 Å². The number of nitrogen functional groups attached to an aromatic ring is 1. The highest BCUT2D eigenvalue weighted by Gasteiger charge is 2.25. The molecule has 1 aliphatic heterocycles. The first-order valence-corrected chi connectivity index (χ1v) is 9.99. The van der Waals surface area contributed by atoms with Gasteiger partial charge >= 0.3 is 0 Å². The minimum Gasteiger partial charge on any atom is -0.393 e. The average molecular weight is 369 g/mol. The van der Waals surface area contributed by atoms with Crippen LogP contribution in [0, 0.1) is 6.92 Å². The fourth-order valence-corrected chi connectivity index (χ4v) is 4.60. The maximum absolute atomic E-state index is 6.45. The van der Waals surface area contributed by atoms with Crippen molar-refractivity contribution in [3.8, 4) is 0 Å². The molecule has 3 N–H and O–H groups in total. The van der Waals surface area contributed by atoms with Crippen molar-refractivity contribution in [2.45, 2.75) is 45.6 Å². The molecular formula is C19H24N6S. The number of hydrogen-bond acceptors (Lipinski definition) is 7. The molecule has 3 aromatic rings. The molecule has 1 fully saturated rings. The Morgan fingerprint density at radius 2 is 2.19 bits per heavy atom. The number of piperidine rings is 1. The molecule has 1 saturated heterocycles. The Labute approximate surface area is 157 Å². The summed E-state index contributed by atoms with van der Waals surface area (Å²) in [7, 11) is 0. The summed E-state index contributed by atoms with van der Waals surface area (Å²) in [4.78, 5) is 15.9. The van der Waals surface area contributed by atoms with Gasteiger partial charge in [0, 0.05) is 12.6 Å². The Morgan fingerprint density at radius 3 is 3.00 bits per heavy atom. The summed E-state index contributed by atoms with van der Waals surface area (Å²) in [6, 6.07) is 6.71. The molecule has 3 heterocycles. The van der Waals surface area contributed by atoms with Crippen LogP contribution in [0.4, 0.5) is 22.5 Å². The second-order valence-electron chi connectivity index (χ2n) is 6.78. The zero-order chi connectivity index (χ0) is 18.1. The Balaban J connectivity index is 1.65. The van der Waals surface area contributed by atoms with E-state index in [2.05, 4.69) is 52.2 Å². The van der Waals surface area contributed by atoms with E-state index < -0.39 is 0 Å². The van der Waals surface area contributed by atoms with Crippen LogP contribution in [0.2, 0.25) is 0 Å². The van der Waals surface area contributed by atoms with Gasteiger partial charge in [0.25, 0.3) is 0 Å². The van der Waals surface area contributed by atoms with Crippen LogP contribution >= 0.6 is 11.3 Å². The van der Waals surface area contributed by atoms with Crippen molar-refractivity contribution in [1.29, 1.82) is 0 Å². The topological polar surface area (TPSA) is 80.0 Å². The van der Waals surface area contributed by atoms with E-state index in [0.717, 1.165) is 34.1 Å². The number of benzene rings is 1. The highest BCUT2D eigenvalue weighted by Crippen LogP contribution is 2.35. The van der Waals surface area contributed by atoms with Crippen molar-refractivity contribution >= 4 is 44.0 Å². The van der Waals surface area contributed by atoms with Gasteiger partial charge in [-0.25, -0.2) is 15.0 Å². The fraction of sp³-hybridized carbons (Fsp3) is 0.421. The van der Waals surface area contributed by atoms with Gasteiger partial charge in [0.1, 0.15) is 12.0 Å². The summed E-state index contributed by atoms with van der Waals surface area (Å²) in [5.74, 6) is 1.47. The van der Waals surface area contributed by atoms with Gasteiger partial charge in [-0.05, 0) is 44.2 Å². The van der Waals surface area contributed by atoms with Crippen molar-refractivity contribution in [3.05, 3.63) is 30.1 Å². The number of thiazole rings is 1. The van der Waals surface area contributed by atoms with E-state index in [1.165, 1.54) is 24.8 Å². The molecule has 0 bridgehead atoms. The quantitative estimate of drug-likeness (QED) is 0.706. The van der Waals surface area contributed by atoms with Crippen LogP contribution in [0.15, 0.2) is 24.5 Å². The van der Waals surface area contributed by atoms with Crippen molar-refractivity contribution in [2.24, 2.45) is 0 Å². The van der Waals surface area contributed by atoms with Crippen LogP contribution in [-0.2, 0) is 0 Å². The Bertz CT molecular complexity index is 922. The van der Waals surface area contributed by atoms with Crippen LogP contribution in [-0.4, -0.2) is 27.5 Å². The average Bonchev–Trinajstić information content (AvgIpc) is 3.07. The number of hydrogen-bond donors (Lipinski definition) is 2. The number of fused-ring (bicyclic) bond motifs is 1. The number of aryl methyl sites for hydroxylation is 1. The summed E-state index contributed by atoms with van der Waals surface area (Å²) < 4.78 is 1.16. The third kappa shape index (κ3) is 3.07. The van der Waals surface area contributed by atoms with Gasteiger partial charge < -0.3 is 16.0 Å². The van der Waals surface area contributed by atoms with Crippen LogP contribution < -0.4 is 16.0 Å². The van der Waals surface area contributed by atoms with Gasteiger partial charge in [-0.3, -0.25) is 0 Å². The summed E-state index contributed by atoms with van der Waals surface area (Å²) in [5.41, 5.74) is 9.24. The van der Waals surface area contributed by atoms with Gasteiger partial charge in [0.15, 0.2) is 16.8 Å². The normalized spacial score (nSPS) is 17.6. The lowest BCUT2D eigenvalue weighted by Crippen LogP contribution is -2.40. The van der Waals surface area contributed by atoms with Gasteiger partial charge in [-0.1, -0.05) is 30.4 Å². The minimum atomic E-state index is 0.499. The zero-order valence-corrected chi connectivity index (χ0v) is 16.0. The first kappa shape index (κ1) is 17.0. The monoisotopic (exact) mass is 368 g/mol. The number of nitrogens with zero attached hydrogens (tertiary/aromatic N) is 4. The van der Waals surface area contributed by atoms with E-state index in [-0.39, 0.29) is 0 Å². The summed E-state index contributed by atoms with van der Waals surface area (Å²) in [6.45, 7) is 5.30. The smallest absolute Gasteiger partial charge is 0.189 e.